The lowest BCUT2D eigenvalue weighted by Gasteiger charge is -2.03. The van der Waals surface area contributed by atoms with E-state index in [2.05, 4.69) is 0 Å². The van der Waals surface area contributed by atoms with Crippen LogP contribution in [0, 0.1) is 0 Å². The lowest BCUT2D eigenvalue weighted by atomic mass is 10.1. The maximum Gasteiger partial charge on any atom is 0.377 e. The zero-order valence-corrected chi connectivity index (χ0v) is 9.67. The van der Waals surface area contributed by atoms with Crippen molar-refractivity contribution >= 4 is 33.2 Å². The first-order valence-electron chi connectivity index (χ1n) is 4.00. The molecule has 0 aliphatic heterocycles. The Balaban J connectivity index is 3.30. The van der Waals surface area contributed by atoms with Gasteiger partial charge in [-0.2, -0.15) is 0 Å². The number of carbonyl (C=O) groups excluding carboxylic acids is 1. The molecule has 0 saturated carbocycles. The summed E-state index contributed by atoms with van der Waals surface area (Å²) in [7, 11) is -3.49. The Labute approximate surface area is 96.6 Å². The number of halogens is 1. The molecule has 86 valence electrons. The van der Waals surface area contributed by atoms with Crippen LogP contribution in [0.3, 0.4) is 0 Å². The molecule has 0 fully saturated rings. The highest BCUT2D eigenvalue weighted by Crippen LogP contribution is 2.22. The molecule has 5 nitrogen and oxygen atoms in total. The predicted molar refractivity (Wildman–Crippen MR) is 56.5 cm³/mol. The fourth-order valence-corrected chi connectivity index (χ4v) is 2.40. The van der Waals surface area contributed by atoms with E-state index in [4.69, 9.17) is 16.7 Å². The monoisotopic (exact) mass is 262 g/mol. The Kier molecular flexibility index (Phi) is 3.35. The molecule has 7 heteroatoms. The summed E-state index contributed by atoms with van der Waals surface area (Å²) in [5.41, 5.74) is -0.162. The quantitative estimate of drug-likeness (QED) is 0.649. The summed E-state index contributed by atoms with van der Waals surface area (Å²) in [5, 5.41) is 8.27. The van der Waals surface area contributed by atoms with E-state index in [1.165, 1.54) is 0 Å². The summed E-state index contributed by atoms with van der Waals surface area (Å²) >= 11 is 5.64. The number of hydrogen-bond donors (Lipinski definition) is 1. The number of ketones is 1. The van der Waals surface area contributed by atoms with E-state index in [1.54, 1.807) is 0 Å². The molecule has 16 heavy (non-hydrogen) atoms. The van der Waals surface area contributed by atoms with Crippen molar-refractivity contribution in [2.45, 2.75) is 4.90 Å². The van der Waals surface area contributed by atoms with Crippen LogP contribution in [0.5, 0.6) is 0 Å². The number of hydrogen-bond acceptors (Lipinski definition) is 4. The highest BCUT2D eigenvalue weighted by Gasteiger charge is 2.18. The van der Waals surface area contributed by atoms with Crippen LogP contribution < -0.4 is 0 Å². The Morgan fingerprint density at radius 2 is 1.88 bits per heavy atom. The third kappa shape index (κ3) is 2.59. The van der Waals surface area contributed by atoms with Gasteiger partial charge in [-0.25, -0.2) is 13.2 Å². The molecule has 0 bridgehead atoms. The molecule has 1 rings (SSSR count). The Hall–Kier alpha value is -1.40. The van der Waals surface area contributed by atoms with Crippen molar-refractivity contribution in [2.75, 3.05) is 6.26 Å². The summed E-state index contributed by atoms with van der Waals surface area (Å²) in [6.45, 7) is 0. The third-order valence-electron chi connectivity index (χ3n) is 1.79. The average molecular weight is 263 g/mol. The minimum absolute atomic E-state index is 0.142. The Bertz CT molecular complexity index is 561. The van der Waals surface area contributed by atoms with Gasteiger partial charge in [-0.1, -0.05) is 11.6 Å². The average Bonchev–Trinajstić information content (AvgIpc) is 2.14. The van der Waals surface area contributed by atoms with Crippen molar-refractivity contribution in [3.8, 4) is 0 Å². The SMILES string of the molecule is CS(=O)(=O)c1ccc(C(=O)C(=O)O)cc1Cl. The highest BCUT2D eigenvalue weighted by molar-refractivity contribution is 7.90. The molecule has 0 atom stereocenters. The van der Waals surface area contributed by atoms with Gasteiger partial charge in [0.05, 0.1) is 9.92 Å². The number of carbonyl (C=O) groups is 2. The molecular formula is C9H7ClO5S. The van der Waals surface area contributed by atoms with Crippen LogP contribution >= 0.6 is 11.6 Å². The van der Waals surface area contributed by atoms with Crippen LogP contribution in [0.4, 0.5) is 0 Å². The topological polar surface area (TPSA) is 88.5 Å². The van der Waals surface area contributed by atoms with Gasteiger partial charge < -0.3 is 5.11 Å². The van der Waals surface area contributed by atoms with Crippen molar-refractivity contribution < 1.29 is 23.1 Å². The second kappa shape index (κ2) is 4.23. The lowest BCUT2D eigenvalue weighted by molar-refractivity contribution is -0.131. The standard InChI is InChI=1S/C9H7ClO5S/c1-16(14,15)7-3-2-5(4-6(7)10)8(11)9(12)13/h2-4H,1H3,(H,12,13). The van der Waals surface area contributed by atoms with Crippen molar-refractivity contribution in [2.24, 2.45) is 0 Å². The van der Waals surface area contributed by atoms with Gasteiger partial charge in [0.25, 0.3) is 5.78 Å². The van der Waals surface area contributed by atoms with Crippen LogP contribution in [0.2, 0.25) is 5.02 Å². The zero-order valence-electron chi connectivity index (χ0n) is 8.10. The van der Waals surface area contributed by atoms with Crippen LogP contribution in [0.25, 0.3) is 0 Å². The van der Waals surface area contributed by atoms with Gasteiger partial charge in [0, 0.05) is 11.8 Å². The van der Waals surface area contributed by atoms with Gasteiger partial charge in [0.15, 0.2) is 9.84 Å². The first-order valence-corrected chi connectivity index (χ1v) is 6.27. The van der Waals surface area contributed by atoms with Crippen LogP contribution in [-0.4, -0.2) is 31.5 Å². The van der Waals surface area contributed by atoms with Crippen molar-refractivity contribution in [1.29, 1.82) is 0 Å². The minimum Gasteiger partial charge on any atom is -0.475 e. The fraction of sp³-hybridized carbons (Fsp3) is 0.111. The second-order valence-electron chi connectivity index (χ2n) is 3.05. The number of sulfone groups is 1. The molecule has 0 aromatic heterocycles. The summed E-state index contributed by atoms with van der Waals surface area (Å²) in [5.74, 6) is -2.76. The van der Waals surface area contributed by atoms with Crippen molar-refractivity contribution in [1.82, 2.24) is 0 Å². The molecule has 1 N–H and O–H groups in total. The van der Waals surface area contributed by atoms with Gasteiger partial charge in [0.2, 0.25) is 0 Å². The summed E-state index contributed by atoms with van der Waals surface area (Å²) in [6.07, 6.45) is 0.965. The van der Waals surface area contributed by atoms with Crippen LogP contribution in [-0.2, 0) is 14.6 Å². The molecule has 1 aromatic carbocycles. The zero-order chi connectivity index (χ0) is 12.5. The molecule has 0 aliphatic rings. The van der Waals surface area contributed by atoms with Crippen LogP contribution in [0.1, 0.15) is 10.4 Å². The van der Waals surface area contributed by atoms with E-state index < -0.39 is 21.6 Å². The third-order valence-corrected chi connectivity index (χ3v) is 3.37. The number of carboxylic acids is 1. The summed E-state index contributed by atoms with van der Waals surface area (Å²) in [4.78, 5) is 21.3. The van der Waals surface area contributed by atoms with E-state index >= 15 is 0 Å². The number of benzene rings is 1. The summed E-state index contributed by atoms with van der Waals surface area (Å²) < 4.78 is 22.4. The van der Waals surface area contributed by atoms with E-state index in [-0.39, 0.29) is 15.5 Å². The largest absolute Gasteiger partial charge is 0.475 e. The molecule has 0 unspecified atom stereocenters. The number of Topliss-reactive ketones (excluding diaryl/α,β-unsaturated/α-hetero) is 1. The Morgan fingerprint density at radius 3 is 2.25 bits per heavy atom. The smallest absolute Gasteiger partial charge is 0.377 e. The molecule has 0 aliphatic carbocycles. The molecule has 0 spiro atoms. The molecule has 0 saturated heterocycles. The Morgan fingerprint density at radius 1 is 1.31 bits per heavy atom. The molecule has 0 amide bonds. The maximum absolute atomic E-state index is 11.2. The second-order valence-corrected chi connectivity index (χ2v) is 5.44. The van der Waals surface area contributed by atoms with E-state index in [9.17, 15) is 18.0 Å². The van der Waals surface area contributed by atoms with Gasteiger partial charge in [0.1, 0.15) is 0 Å². The predicted octanol–water partition coefficient (Wildman–Crippen LogP) is 1.01. The normalized spacial score (nSPS) is 11.1. The maximum atomic E-state index is 11.2. The van der Waals surface area contributed by atoms with E-state index in [1.807, 2.05) is 0 Å². The van der Waals surface area contributed by atoms with Gasteiger partial charge in [-0.3, -0.25) is 4.79 Å². The van der Waals surface area contributed by atoms with E-state index in [0.29, 0.717) is 0 Å². The van der Waals surface area contributed by atoms with Gasteiger partial charge >= 0.3 is 5.97 Å². The van der Waals surface area contributed by atoms with Crippen molar-refractivity contribution in [3.05, 3.63) is 28.8 Å². The molecule has 1 aromatic rings. The number of aliphatic carboxylic acids is 1. The molecule has 0 heterocycles. The highest BCUT2D eigenvalue weighted by atomic mass is 35.5. The van der Waals surface area contributed by atoms with E-state index in [0.717, 1.165) is 24.5 Å². The lowest BCUT2D eigenvalue weighted by Crippen LogP contribution is -2.13. The number of carboxylic acid groups (broad SMARTS) is 1. The van der Waals surface area contributed by atoms with Gasteiger partial charge in [-0.15, -0.1) is 0 Å². The van der Waals surface area contributed by atoms with Crippen LogP contribution in [0.15, 0.2) is 23.1 Å². The number of rotatable bonds is 3. The first-order chi connectivity index (χ1) is 7.23. The minimum atomic E-state index is -3.49. The van der Waals surface area contributed by atoms with Gasteiger partial charge in [-0.05, 0) is 18.2 Å². The molecular weight excluding hydrogens is 256 g/mol. The summed E-state index contributed by atoms with van der Waals surface area (Å²) in [6, 6.07) is 3.24. The fourth-order valence-electron chi connectivity index (χ4n) is 1.07. The van der Waals surface area contributed by atoms with Crippen molar-refractivity contribution in [3.63, 3.8) is 0 Å². The first kappa shape index (κ1) is 12.7. The molecule has 0 radical (unpaired) electrons.